The fraction of sp³-hybridized carbons (Fsp3) is 0.750. The first-order valence-electron chi connectivity index (χ1n) is 6.10. The van der Waals surface area contributed by atoms with Crippen molar-refractivity contribution in [2.24, 2.45) is 0 Å². The summed E-state index contributed by atoms with van der Waals surface area (Å²) >= 11 is 6.23. The molecule has 1 aromatic heterocycles. The normalized spacial score (nSPS) is 14.9. The molecule has 2 atom stereocenters. The molecule has 1 rings (SSSR count). The number of hydrogen-bond acceptors (Lipinski definition) is 3. The lowest BCUT2D eigenvalue weighted by Gasteiger charge is -2.25. The summed E-state index contributed by atoms with van der Waals surface area (Å²) in [4.78, 5) is 0. The summed E-state index contributed by atoms with van der Waals surface area (Å²) in [6.45, 7) is 5.11. The SMILES string of the molecule is CCCn1ncc(Cl)c1C(NC)C(CC)OC. The molecule has 0 radical (unpaired) electrons. The van der Waals surface area contributed by atoms with Gasteiger partial charge in [0.15, 0.2) is 0 Å². The Labute approximate surface area is 108 Å². The van der Waals surface area contributed by atoms with E-state index in [1.165, 1.54) is 0 Å². The number of rotatable bonds is 7. The molecular formula is C12H22ClN3O. The molecule has 0 saturated heterocycles. The first-order chi connectivity index (χ1) is 8.19. The van der Waals surface area contributed by atoms with Gasteiger partial charge in [-0.1, -0.05) is 25.4 Å². The Kier molecular flexibility index (Phi) is 5.95. The van der Waals surface area contributed by atoms with E-state index in [9.17, 15) is 0 Å². The molecule has 1 N–H and O–H groups in total. The summed E-state index contributed by atoms with van der Waals surface area (Å²) in [6.07, 6.45) is 3.77. The summed E-state index contributed by atoms with van der Waals surface area (Å²) in [5.74, 6) is 0. The second-order valence-electron chi connectivity index (χ2n) is 4.05. The van der Waals surface area contributed by atoms with Gasteiger partial charge in [0.2, 0.25) is 0 Å². The molecule has 0 spiro atoms. The summed E-state index contributed by atoms with van der Waals surface area (Å²) in [6, 6.07) is 0.0755. The minimum atomic E-state index is 0.0755. The maximum atomic E-state index is 6.23. The van der Waals surface area contributed by atoms with E-state index < -0.39 is 0 Å². The van der Waals surface area contributed by atoms with Gasteiger partial charge in [0.1, 0.15) is 0 Å². The van der Waals surface area contributed by atoms with Gasteiger partial charge in [-0.15, -0.1) is 0 Å². The third kappa shape index (κ3) is 3.21. The van der Waals surface area contributed by atoms with Gasteiger partial charge in [-0.25, -0.2) is 0 Å². The van der Waals surface area contributed by atoms with Gasteiger partial charge >= 0.3 is 0 Å². The Morgan fingerprint density at radius 2 is 2.24 bits per heavy atom. The summed E-state index contributed by atoms with van der Waals surface area (Å²) in [5.41, 5.74) is 1.02. The number of likely N-dealkylation sites (N-methyl/N-ethyl adjacent to an activating group) is 1. The second kappa shape index (κ2) is 6.99. The molecule has 0 aliphatic carbocycles. The van der Waals surface area contributed by atoms with Crippen LogP contribution in [0.25, 0.3) is 0 Å². The number of halogens is 1. The first-order valence-corrected chi connectivity index (χ1v) is 6.48. The smallest absolute Gasteiger partial charge is 0.0835 e. The lowest BCUT2D eigenvalue weighted by molar-refractivity contribution is 0.0647. The lowest BCUT2D eigenvalue weighted by atomic mass is 10.1. The van der Waals surface area contributed by atoms with Gasteiger partial charge < -0.3 is 10.1 Å². The third-order valence-electron chi connectivity index (χ3n) is 2.95. The van der Waals surface area contributed by atoms with Crippen molar-refractivity contribution >= 4 is 11.6 Å². The lowest BCUT2D eigenvalue weighted by Crippen LogP contribution is -2.32. The maximum absolute atomic E-state index is 6.23. The molecule has 98 valence electrons. The van der Waals surface area contributed by atoms with Crippen LogP contribution in [0, 0.1) is 0 Å². The van der Waals surface area contributed by atoms with Crippen LogP contribution in [0.15, 0.2) is 6.20 Å². The van der Waals surface area contributed by atoms with Gasteiger partial charge in [0.25, 0.3) is 0 Å². The van der Waals surface area contributed by atoms with Crippen molar-refractivity contribution in [3.05, 3.63) is 16.9 Å². The highest BCUT2D eigenvalue weighted by Gasteiger charge is 2.26. The van der Waals surface area contributed by atoms with Crippen LogP contribution in [0.2, 0.25) is 5.02 Å². The number of aryl methyl sites for hydroxylation is 1. The zero-order chi connectivity index (χ0) is 12.8. The molecule has 0 saturated carbocycles. The Morgan fingerprint density at radius 1 is 1.53 bits per heavy atom. The number of methoxy groups -OCH3 is 1. The van der Waals surface area contributed by atoms with E-state index in [2.05, 4.69) is 24.3 Å². The van der Waals surface area contributed by atoms with Crippen LogP contribution in [-0.2, 0) is 11.3 Å². The van der Waals surface area contributed by atoms with Crippen molar-refractivity contribution < 1.29 is 4.74 Å². The van der Waals surface area contributed by atoms with Crippen molar-refractivity contribution in [2.75, 3.05) is 14.2 Å². The van der Waals surface area contributed by atoms with Crippen molar-refractivity contribution in [2.45, 2.75) is 45.4 Å². The second-order valence-corrected chi connectivity index (χ2v) is 4.46. The highest BCUT2D eigenvalue weighted by atomic mass is 35.5. The predicted octanol–water partition coefficient (Wildman–Crippen LogP) is 2.63. The van der Waals surface area contributed by atoms with E-state index >= 15 is 0 Å². The molecule has 1 heterocycles. The summed E-state index contributed by atoms with van der Waals surface area (Å²) in [5, 5.41) is 8.29. The van der Waals surface area contributed by atoms with Gasteiger partial charge in [0.05, 0.1) is 29.1 Å². The minimum absolute atomic E-state index is 0.0755. The number of hydrogen-bond donors (Lipinski definition) is 1. The van der Waals surface area contributed by atoms with Crippen molar-refractivity contribution in [3.63, 3.8) is 0 Å². The largest absolute Gasteiger partial charge is 0.379 e. The minimum Gasteiger partial charge on any atom is -0.379 e. The van der Waals surface area contributed by atoms with E-state index in [4.69, 9.17) is 16.3 Å². The quantitative estimate of drug-likeness (QED) is 0.818. The monoisotopic (exact) mass is 259 g/mol. The number of nitrogens with one attached hydrogen (secondary N) is 1. The number of ether oxygens (including phenoxy) is 1. The molecule has 1 aromatic rings. The molecule has 17 heavy (non-hydrogen) atoms. The fourth-order valence-corrected chi connectivity index (χ4v) is 2.37. The Morgan fingerprint density at radius 3 is 2.71 bits per heavy atom. The Balaban J connectivity index is 3.04. The summed E-state index contributed by atoms with van der Waals surface area (Å²) in [7, 11) is 3.65. The van der Waals surface area contributed by atoms with E-state index in [0.29, 0.717) is 5.02 Å². The van der Waals surface area contributed by atoms with E-state index in [-0.39, 0.29) is 12.1 Å². The average molecular weight is 260 g/mol. The van der Waals surface area contributed by atoms with Crippen LogP contribution in [-0.4, -0.2) is 30.0 Å². The molecule has 0 aliphatic rings. The van der Waals surface area contributed by atoms with Crippen LogP contribution in [0.5, 0.6) is 0 Å². The Bertz CT molecular complexity index is 336. The topological polar surface area (TPSA) is 39.1 Å². The van der Waals surface area contributed by atoms with Crippen molar-refractivity contribution in [1.29, 1.82) is 0 Å². The molecule has 4 nitrogen and oxygen atoms in total. The zero-order valence-electron chi connectivity index (χ0n) is 11.0. The van der Waals surface area contributed by atoms with Gasteiger partial charge in [-0.3, -0.25) is 4.68 Å². The van der Waals surface area contributed by atoms with Crippen LogP contribution >= 0.6 is 11.6 Å². The number of aromatic nitrogens is 2. The Hall–Kier alpha value is -0.580. The molecule has 0 aliphatic heterocycles. The van der Waals surface area contributed by atoms with E-state index in [1.807, 2.05) is 11.7 Å². The van der Waals surface area contributed by atoms with Crippen molar-refractivity contribution in [3.8, 4) is 0 Å². The van der Waals surface area contributed by atoms with E-state index in [1.54, 1.807) is 13.3 Å². The van der Waals surface area contributed by atoms with Crippen LogP contribution in [0.4, 0.5) is 0 Å². The molecule has 0 amide bonds. The first kappa shape index (κ1) is 14.5. The molecule has 0 bridgehead atoms. The molecule has 0 aromatic carbocycles. The number of nitrogens with zero attached hydrogens (tertiary/aromatic N) is 2. The third-order valence-corrected chi connectivity index (χ3v) is 3.24. The van der Waals surface area contributed by atoms with Gasteiger partial charge in [-0.2, -0.15) is 5.10 Å². The van der Waals surface area contributed by atoms with Crippen LogP contribution in [0.1, 0.15) is 38.4 Å². The molecule has 2 unspecified atom stereocenters. The van der Waals surface area contributed by atoms with Crippen LogP contribution < -0.4 is 5.32 Å². The van der Waals surface area contributed by atoms with Crippen molar-refractivity contribution in [1.82, 2.24) is 15.1 Å². The maximum Gasteiger partial charge on any atom is 0.0835 e. The average Bonchev–Trinajstić information content (AvgIpc) is 2.68. The predicted molar refractivity (Wildman–Crippen MR) is 70.4 cm³/mol. The molecule has 0 fully saturated rings. The molecular weight excluding hydrogens is 238 g/mol. The van der Waals surface area contributed by atoms with Gasteiger partial charge in [-0.05, 0) is 19.9 Å². The zero-order valence-corrected chi connectivity index (χ0v) is 11.8. The fourth-order valence-electron chi connectivity index (χ4n) is 2.11. The highest BCUT2D eigenvalue weighted by Crippen LogP contribution is 2.27. The highest BCUT2D eigenvalue weighted by molar-refractivity contribution is 6.31. The van der Waals surface area contributed by atoms with E-state index in [0.717, 1.165) is 25.1 Å². The van der Waals surface area contributed by atoms with Gasteiger partial charge in [0, 0.05) is 13.7 Å². The standard InChI is InChI=1S/C12H22ClN3O/c1-5-7-16-12(9(13)8-15-16)11(14-3)10(6-2)17-4/h8,10-11,14H,5-7H2,1-4H3. The van der Waals surface area contributed by atoms with Crippen LogP contribution in [0.3, 0.4) is 0 Å². The summed E-state index contributed by atoms with van der Waals surface area (Å²) < 4.78 is 7.47. The molecule has 5 heteroatoms.